The van der Waals surface area contributed by atoms with Gasteiger partial charge < -0.3 is 4.57 Å². The Bertz CT molecular complexity index is 684. The maximum atomic E-state index is 12.2. The molecule has 2 rings (SSSR count). The Labute approximate surface area is 132 Å². The summed E-state index contributed by atoms with van der Waals surface area (Å²) in [5.74, 6) is 0. The van der Waals surface area contributed by atoms with Crippen LogP contribution in [0.4, 0.5) is 0 Å². The van der Waals surface area contributed by atoms with Crippen LogP contribution in [0, 0.1) is 0 Å². The molecule has 1 heterocycles. The lowest BCUT2D eigenvalue weighted by molar-refractivity contribution is 0.568. The van der Waals surface area contributed by atoms with Crippen LogP contribution in [0.5, 0.6) is 0 Å². The molecule has 0 aliphatic carbocycles. The summed E-state index contributed by atoms with van der Waals surface area (Å²) in [6.07, 6.45) is 6.01. The second-order valence-electron chi connectivity index (χ2n) is 6.33. The first-order chi connectivity index (χ1) is 10.3. The molecule has 0 saturated heterocycles. The van der Waals surface area contributed by atoms with Gasteiger partial charge in [0.25, 0.3) is 0 Å². The molecule has 22 heavy (non-hydrogen) atoms. The van der Waals surface area contributed by atoms with E-state index in [0.29, 0.717) is 11.4 Å². The van der Waals surface area contributed by atoms with Gasteiger partial charge in [-0.2, -0.15) is 0 Å². The Morgan fingerprint density at radius 3 is 2.41 bits per heavy atom. The number of rotatable bonds is 6. The van der Waals surface area contributed by atoms with Crippen LogP contribution < -0.4 is 4.72 Å². The number of sulfonamides is 1. The van der Waals surface area contributed by atoms with Crippen LogP contribution in [-0.4, -0.2) is 24.5 Å². The van der Waals surface area contributed by atoms with E-state index in [2.05, 4.69) is 30.5 Å². The van der Waals surface area contributed by atoms with E-state index in [4.69, 9.17) is 0 Å². The molecule has 1 aromatic heterocycles. The van der Waals surface area contributed by atoms with Gasteiger partial charge in [-0.15, -0.1) is 0 Å². The third-order valence-corrected chi connectivity index (χ3v) is 4.95. The Morgan fingerprint density at radius 1 is 1.18 bits per heavy atom. The number of nitrogens with zero attached hydrogens (tertiary/aromatic N) is 2. The van der Waals surface area contributed by atoms with E-state index >= 15 is 0 Å². The van der Waals surface area contributed by atoms with E-state index in [1.54, 1.807) is 24.7 Å². The van der Waals surface area contributed by atoms with Crippen molar-refractivity contribution in [2.75, 3.05) is 6.54 Å². The second-order valence-corrected chi connectivity index (χ2v) is 8.09. The van der Waals surface area contributed by atoms with Crippen molar-refractivity contribution < 1.29 is 8.42 Å². The summed E-state index contributed by atoms with van der Waals surface area (Å²) < 4.78 is 29.0. The molecule has 1 N–H and O–H groups in total. The minimum Gasteiger partial charge on any atom is -0.337 e. The third-order valence-electron chi connectivity index (χ3n) is 3.48. The number of imidazole rings is 1. The fourth-order valence-corrected chi connectivity index (χ4v) is 3.18. The van der Waals surface area contributed by atoms with Gasteiger partial charge >= 0.3 is 0 Å². The monoisotopic (exact) mass is 321 g/mol. The molecule has 0 aliphatic heterocycles. The van der Waals surface area contributed by atoms with Crippen molar-refractivity contribution in [3.05, 3.63) is 48.5 Å². The lowest BCUT2D eigenvalue weighted by Gasteiger charge is -2.19. The summed E-state index contributed by atoms with van der Waals surface area (Å²) in [5.41, 5.74) is 1.13. The molecule has 0 radical (unpaired) electrons. The van der Waals surface area contributed by atoms with Crippen molar-refractivity contribution in [2.24, 2.45) is 0 Å². The Balaban J connectivity index is 1.92. The van der Waals surface area contributed by atoms with E-state index in [1.165, 1.54) is 0 Å². The number of nitrogens with one attached hydrogen (secondary N) is 1. The van der Waals surface area contributed by atoms with E-state index in [9.17, 15) is 8.42 Å². The largest absolute Gasteiger partial charge is 0.337 e. The Morgan fingerprint density at radius 2 is 1.86 bits per heavy atom. The van der Waals surface area contributed by atoms with Gasteiger partial charge in [0.15, 0.2) is 0 Å². The number of benzene rings is 1. The van der Waals surface area contributed by atoms with Crippen molar-refractivity contribution in [3.63, 3.8) is 0 Å². The average molecular weight is 321 g/mol. The van der Waals surface area contributed by atoms with Gasteiger partial charge in [-0.05, 0) is 29.5 Å². The van der Waals surface area contributed by atoms with Crippen LogP contribution in [0.3, 0.4) is 0 Å². The summed E-state index contributed by atoms with van der Waals surface area (Å²) >= 11 is 0. The molecule has 0 bridgehead atoms. The highest BCUT2D eigenvalue weighted by Gasteiger charge is 2.17. The second kappa shape index (κ2) is 6.62. The van der Waals surface area contributed by atoms with Gasteiger partial charge in [0, 0.05) is 25.5 Å². The smallest absolute Gasteiger partial charge is 0.240 e. The molecule has 0 amide bonds. The Kier molecular flexibility index (Phi) is 5.03. The molecule has 0 aliphatic rings. The van der Waals surface area contributed by atoms with E-state index in [0.717, 1.165) is 18.5 Å². The molecule has 0 unspecified atom stereocenters. The highest BCUT2D eigenvalue weighted by Crippen LogP contribution is 2.23. The van der Waals surface area contributed by atoms with Crippen molar-refractivity contribution in [1.82, 2.24) is 14.3 Å². The predicted octanol–water partition coefficient (Wildman–Crippen LogP) is 2.55. The first-order valence-corrected chi connectivity index (χ1v) is 8.83. The molecule has 2 aromatic rings. The summed E-state index contributed by atoms with van der Waals surface area (Å²) in [4.78, 5) is 4.26. The van der Waals surface area contributed by atoms with Gasteiger partial charge in [-0.3, -0.25) is 0 Å². The van der Waals surface area contributed by atoms with Crippen molar-refractivity contribution in [1.29, 1.82) is 0 Å². The maximum Gasteiger partial charge on any atom is 0.240 e. The number of hydrogen-bond acceptors (Lipinski definition) is 3. The molecular weight excluding hydrogens is 298 g/mol. The van der Waals surface area contributed by atoms with Crippen LogP contribution in [-0.2, 0) is 22.0 Å². The predicted molar refractivity (Wildman–Crippen MR) is 87.2 cm³/mol. The lowest BCUT2D eigenvalue weighted by atomic mass is 9.87. The summed E-state index contributed by atoms with van der Waals surface area (Å²) in [6.45, 7) is 7.45. The van der Waals surface area contributed by atoms with Crippen LogP contribution >= 0.6 is 0 Å². The number of aromatic nitrogens is 2. The molecule has 0 atom stereocenters. The highest BCUT2D eigenvalue weighted by molar-refractivity contribution is 7.89. The minimum absolute atomic E-state index is 0.0144. The summed E-state index contributed by atoms with van der Waals surface area (Å²) in [5, 5.41) is 0. The minimum atomic E-state index is -3.44. The standard InChI is InChI=1S/C16H23N3O2S/c1-16(2,3)14-5-7-15(8-6-14)22(20,21)18-9-4-11-19-12-10-17-13-19/h5-8,10,12-13,18H,4,9,11H2,1-3H3. The van der Waals surface area contributed by atoms with Gasteiger partial charge in [0.2, 0.25) is 10.0 Å². The third kappa shape index (κ3) is 4.42. The number of hydrogen-bond donors (Lipinski definition) is 1. The molecule has 6 heteroatoms. The molecular formula is C16H23N3O2S. The van der Waals surface area contributed by atoms with Gasteiger partial charge in [-0.1, -0.05) is 32.9 Å². The normalized spacial score (nSPS) is 12.5. The van der Waals surface area contributed by atoms with Crippen LogP contribution in [0.25, 0.3) is 0 Å². The molecule has 0 fully saturated rings. The summed E-state index contributed by atoms with van der Waals surface area (Å²) in [7, 11) is -3.44. The first-order valence-electron chi connectivity index (χ1n) is 7.35. The highest BCUT2D eigenvalue weighted by atomic mass is 32.2. The lowest BCUT2D eigenvalue weighted by Crippen LogP contribution is -2.25. The SMILES string of the molecule is CC(C)(C)c1ccc(S(=O)(=O)NCCCn2ccnc2)cc1. The van der Waals surface area contributed by atoms with Crippen molar-refractivity contribution in [3.8, 4) is 0 Å². The van der Waals surface area contributed by atoms with Gasteiger partial charge in [-0.25, -0.2) is 18.1 Å². The van der Waals surface area contributed by atoms with Crippen LogP contribution in [0.2, 0.25) is 0 Å². The van der Waals surface area contributed by atoms with Gasteiger partial charge in [0.1, 0.15) is 0 Å². The van der Waals surface area contributed by atoms with Crippen molar-refractivity contribution >= 4 is 10.0 Å². The first kappa shape index (κ1) is 16.7. The van der Waals surface area contributed by atoms with Crippen molar-refractivity contribution in [2.45, 2.75) is 44.0 Å². The van der Waals surface area contributed by atoms with Gasteiger partial charge in [0.05, 0.1) is 11.2 Å². The maximum absolute atomic E-state index is 12.2. The molecule has 120 valence electrons. The van der Waals surface area contributed by atoms with Crippen LogP contribution in [0.15, 0.2) is 47.9 Å². The summed E-state index contributed by atoms with van der Waals surface area (Å²) in [6, 6.07) is 7.08. The zero-order valence-corrected chi connectivity index (χ0v) is 14.1. The zero-order chi connectivity index (χ0) is 16.2. The average Bonchev–Trinajstić information content (AvgIpc) is 2.96. The molecule has 1 aromatic carbocycles. The van der Waals surface area contributed by atoms with E-state index in [1.807, 2.05) is 22.9 Å². The van der Waals surface area contributed by atoms with Crippen LogP contribution in [0.1, 0.15) is 32.8 Å². The molecule has 0 spiro atoms. The van der Waals surface area contributed by atoms with E-state index in [-0.39, 0.29) is 5.41 Å². The zero-order valence-electron chi connectivity index (χ0n) is 13.3. The molecule has 0 saturated carbocycles. The quantitative estimate of drug-likeness (QED) is 0.832. The fraction of sp³-hybridized carbons (Fsp3) is 0.438. The topological polar surface area (TPSA) is 64.0 Å². The molecule has 5 nitrogen and oxygen atoms in total. The number of aryl methyl sites for hydroxylation is 1. The Hall–Kier alpha value is -1.66. The fourth-order valence-electron chi connectivity index (χ4n) is 2.10. The van der Waals surface area contributed by atoms with E-state index < -0.39 is 10.0 Å².